The lowest BCUT2D eigenvalue weighted by molar-refractivity contribution is -0.138. The number of likely N-dealkylation sites (tertiary alicyclic amines) is 1. The summed E-state index contributed by atoms with van der Waals surface area (Å²) in [5, 5.41) is 8.98. The van der Waals surface area contributed by atoms with Gasteiger partial charge in [-0.15, -0.1) is 0 Å². The zero-order chi connectivity index (χ0) is 18.0. The molecule has 0 radical (unpaired) electrons. The second-order valence-electron chi connectivity index (χ2n) is 5.46. The molecule has 1 saturated heterocycles. The van der Waals surface area contributed by atoms with Crippen molar-refractivity contribution >= 4 is 5.91 Å². The predicted molar refractivity (Wildman–Crippen MR) is 80.7 cm³/mol. The number of alkyl halides is 3. The normalized spacial score (nSPS) is 14.6. The molecule has 1 fully saturated rings. The summed E-state index contributed by atoms with van der Waals surface area (Å²) in [6, 6.07) is 9.75. The third-order valence-electron chi connectivity index (χ3n) is 3.77. The number of benzene rings is 1. The largest absolute Gasteiger partial charge is 0.470 e. The van der Waals surface area contributed by atoms with Gasteiger partial charge in [-0.05, 0) is 24.3 Å². The van der Waals surface area contributed by atoms with Crippen LogP contribution in [0.25, 0.3) is 0 Å². The van der Waals surface area contributed by atoms with Crippen LogP contribution in [-0.4, -0.2) is 35.0 Å². The van der Waals surface area contributed by atoms with E-state index in [1.807, 2.05) is 6.07 Å². The highest BCUT2D eigenvalue weighted by atomic mass is 19.4. The fourth-order valence-electron chi connectivity index (χ4n) is 2.49. The van der Waals surface area contributed by atoms with Gasteiger partial charge in [-0.2, -0.15) is 18.4 Å². The maximum atomic E-state index is 13.0. The fraction of sp³-hybridized carbons (Fsp3) is 0.235. The molecule has 3 rings (SSSR count). The summed E-state index contributed by atoms with van der Waals surface area (Å²) in [5.74, 6) is -0.549. The Labute approximate surface area is 141 Å². The molecule has 2 aromatic rings. The second-order valence-corrected chi connectivity index (χ2v) is 5.46. The molecule has 0 saturated carbocycles. The standard InChI is InChI=1S/C17H12F3N3O2/c18-17(19,20)14-6-2-1-5-13(14)16(24)23-9-12(10-23)25-15-11(8-21)4-3-7-22-15/h1-7,12H,9-10H2. The van der Waals surface area contributed by atoms with Crippen LogP contribution in [0.15, 0.2) is 42.6 Å². The number of ether oxygens (including phenoxy) is 1. The zero-order valence-electron chi connectivity index (χ0n) is 12.8. The minimum atomic E-state index is -4.59. The van der Waals surface area contributed by atoms with E-state index in [-0.39, 0.29) is 30.1 Å². The van der Waals surface area contributed by atoms with Gasteiger partial charge in [-0.3, -0.25) is 4.79 Å². The topological polar surface area (TPSA) is 66.2 Å². The number of rotatable bonds is 3. The number of hydrogen-bond donors (Lipinski definition) is 0. The highest BCUT2D eigenvalue weighted by Crippen LogP contribution is 2.33. The van der Waals surface area contributed by atoms with Gasteiger partial charge in [0.1, 0.15) is 17.7 Å². The van der Waals surface area contributed by atoms with Crippen LogP contribution in [0.4, 0.5) is 13.2 Å². The number of hydrogen-bond acceptors (Lipinski definition) is 4. The first-order valence-electron chi connectivity index (χ1n) is 7.37. The van der Waals surface area contributed by atoms with Crippen molar-refractivity contribution < 1.29 is 22.7 Å². The van der Waals surface area contributed by atoms with Gasteiger partial charge in [0, 0.05) is 6.20 Å². The van der Waals surface area contributed by atoms with Crippen molar-refractivity contribution in [3.05, 3.63) is 59.3 Å². The third kappa shape index (κ3) is 3.40. The van der Waals surface area contributed by atoms with Gasteiger partial charge in [0.25, 0.3) is 5.91 Å². The van der Waals surface area contributed by atoms with Crippen molar-refractivity contribution in [1.29, 1.82) is 5.26 Å². The first kappa shape index (κ1) is 16.8. The molecule has 0 N–H and O–H groups in total. The number of nitriles is 1. The Bertz CT molecular complexity index is 840. The summed E-state index contributed by atoms with van der Waals surface area (Å²) in [6.45, 7) is 0.263. The number of carbonyl (C=O) groups is 1. The van der Waals surface area contributed by atoms with Crippen LogP contribution in [-0.2, 0) is 6.18 Å². The molecule has 1 aliphatic rings. The van der Waals surface area contributed by atoms with Crippen LogP contribution in [0.1, 0.15) is 21.5 Å². The van der Waals surface area contributed by atoms with E-state index in [2.05, 4.69) is 4.98 Å². The van der Waals surface area contributed by atoms with Gasteiger partial charge in [0.05, 0.1) is 24.2 Å². The summed E-state index contributed by atoms with van der Waals surface area (Å²) in [7, 11) is 0. The maximum Gasteiger partial charge on any atom is 0.417 e. The highest BCUT2D eigenvalue weighted by Gasteiger charge is 2.39. The Hall–Kier alpha value is -3.08. The number of pyridine rings is 1. The minimum absolute atomic E-state index is 0.131. The molecule has 1 aromatic heterocycles. The number of carbonyl (C=O) groups excluding carboxylic acids is 1. The highest BCUT2D eigenvalue weighted by molar-refractivity contribution is 5.96. The Morgan fingerprint density at radius 1 is 1.24 bits per heavy atom. The minimum Gasteiger partial charge on any atom is -0.470 e. The molecule has 2 heterocycles. The predicted octanol–water partition coefficient (Wildman–Crippen LogP) is 2.88. The maximum absolute atomic E-state index is 13.0. The molecule has 0 atom stereocenters. The van der Waals surface area contributed by atoms with Crippen LogP contribution >= 0.6 is 0 Å². The lowest BCUT2D eigenvalue weighted by atomic mass is 10.0. The van der Waals surface area contributed by atoms with Crippen LogP contribution in [0.5, 0.6) is 5.88 Å². The monoisotopic (exact) mass is 347 g/mol. The summed E-state index contributed by atoms with van der Waals surface area (Å²) < 4.78 is 44.6. The molecular weight excluding hydrogens is 335 g/mol. The SMILES string of the molecule is N#Cc1cccnc1OC1CN(C(=O)c2ccccc2C(F)(F)F)C1. The molecule has 8 heteroatoms. The molecule has 0 spiro atoms. The van der Waals surface area contributed by atoms with E-state index in [0.29, 0.717) is 0 Å². The van der Waals surface area contributed by atoms with Gasteiger partial charge in [-0.1, -0.05) is 12.1 Å². The lowest BCUT2D eigenvalue weighted by Crippen LogP contribution is -2.56. The van der Waals surface area contributed by atoms with E-state index in [1.54, 1.807) is 12.1 Å². The van der Waals surface area contributed by atoms with Gasteiger partial charge in [-0.25, -0.2) is 4.98 Å². The Morgan fingerprint density at radius 3 is 2.64 bits per heavy atom. The first-order valence-corrected chi connectivity index (χ1v) is 7.37. The summed E-state index contributed by atoms with van der Waals surface area (Å²) in [5.41, 5.74) is -1.08. The number of nitrogens with zero attached hydrogens (tertiary/aromatic N) is 3. The number of halogens is 3. The van der Waals surface area contributed by atoms with Crippen molar-refractivity contribution in [3.8, 4) is 11.9 Å². The van der Waals surface area contributed by atoms with Gasteiger partial charge in [0.2, 0.25) is 5.88 Å². The quantitative estimate of drug-likeness (QED) is 0.856. The van der Waals surface area contributed by atoms with E-state index >= 15 is 0 Å². The molecule has 5 nitrogen and oxygen atoms in total. The smallest absolute Gasteiger partial charge is 0.417 e. The molecule has 0 unspecified atom stereocenters. The first-order chi connectivity index (χ1) is 11.9. The second kappa shape index (κ2) is 6.43. The van der Waals surface area contributed by atoms with Crippen LogP contribution in [0.2, 0.25) is 0 Å². The third-order valence-corrected chi connectivity index (χ3v) is 3.77. The average molecular weight is 347 g/mol. The molecule has 1 aromatic carbocycles. The van der Waals surface area contributed by atoms with Crippen LogP contribution in [0.3, 0.4) is 0 Å². The van der Waals surface area contributed by atoms with Gasteiger partial charge in [0.15, 0.2) is 0 Å². The van der Waals surface area contributed by atoms with Crippen molar-refractivity contribution in [2.75, 3.05) is 13.1 Å². The molecule has 0 bridgehead atoms. The van der Waals surface area contributed by atoms with E-state index in [0.717, 1.165) is 12.1 Å². The van der Waals surface area contributed by atoms with Crippen molar-refractivity contribution in [2.24, 2.45) is 0 Å². The molecule has 1 aliphatic heterocycles. The zero-order valence-corrected chi connectivity index (χ0v) is 12.8. The van der Waals surface area contributed by atoms with Crippen LogP contribution in [0, 0.1) is 11.3 Å². The number of amides is 1. The van der Waals surface area contributed by atoms with Crippen molar-refractivity contribution in [2.45, 2.75) is 12.3 Å². The number of aromatic nitrogens is 1. The molecule has 1 amide bonds. The summed E-state index contributed by atoms with van der Waals surface area (Å²) >= 11 is 0. The van der Waals surface area contributed by atoms with Gasteiger partial charge < -0.3 is 9.64 Å². The lowest BCUT2D eigenvalue weighted by Gasteiger charge is -2.39. The van der Waals surface area contributed by atoms with E-state index in [9.17, 15) is 18.0 Å². The average Bonchev–Trinajstić information content (AvgIpc) is 2.56. The van der Waals surface area contributed by atoms with E-state index in [4.69, 9.17) is 10.00 Å². The molecular formula is C17H12F3N3O2. The molecule has 128 valence electrons. The van der Waals surface area contributed by atoms with E-state index < -0.39 is 23.8 Å². The van der Waals surface area contributed by atoms with Crippen molar-refractivity contribution in [3.63, 3.8) is 0 Å². The summed E-state index contributed by atoms with van der Waals surface area (Å²) in [4.78, 5) is 17.5. The Balaban J connectivity index is 1.68. The van der Waals surface area contributed by atoms with E-state index in [1.165, 1.54) is 23.2 Å². The Kier molecular flexibility index (Phi) is 4.31. The molecule has 25 heavy (non-hydrogen) atoms. The Morgan fingerprint density at radius 2 is 1.96 bits per heavy atom. The molecule has 0 aliphatic carbocycles. The van der Waals surface area contributed by atoms with Gasteiger partial charge >= 0.3 is 6.18 Å². The van der Waals surface area contributed by atoms with Crippen molar-refractivity contribution in [1.82, 2.24) is 9.88 Å². The summed E-state index contributed by atoms with van der Waals surface area (Å²) in [6.07, 6.45) is -3.54. The fourth-order valence-corrected chi connectivity index (χ4v) is 2.49. The van der Waals surface area contributed by atoms with Crippen LogP contribution < -0.4 is 4.74 Å².